The maximum atomic E-state index is 3.89. The Kier molecular flexibility index (Phi) is 6.57. The van der Waals surface area contributed by atoms with Gasteiger partial charge < -0.3 is 4.90 Å². The molecular formula is C9H21NSi. The summed E-state index contributed by atoms with van der Waals surface area (Å²) in [4.78, 5) is 2.50. The van der Waals surface area contributed by atoms with Gasteiger partial charge in [-0.1, -0.05) is 26.8 Å². The third kappa shape index (κ3) is 4.38. The summed E-state index contributed by atoms with van der Waals surface area (Å²) in [5, 5.41) is 0. The molecule has 0 rings (SSSR count). The van der Waals surface area contributed by atoms with E-state index in [1.165, 1.54) is 25.3 Å². The predicted octanol–water partition coefficient (Wildman–Crippen LogP) is 1.84. The highest BCUT2D eigenvalue weighted by atomic mass is 28.3. The average Bonchev–Trinajstić information content (AvgIpc) is 2.07. The van der Waals surface area contributed by atoms with Crippen LogP contribution < -0.4 is 0 Å². The Bertz CT molecular complexity index is 99.7. The Morgan fingerprint density at radius 3 is 2.09 bits per heavy atom. The van der Waals surface area contributed by atoms with Crippen LogP contribution in [-0.2, 0) is 0 Å². The fourth-order valence-corrected chi connectivity index (χ4v) is 3.10. The van der Waals surface area contributed by atoms with Crippen LogP contribution in [0.4, 0.5) is 0 Å². The first-order chi connectivity index (χ1) is 5.28. The van der Waals surface area contributed by atoms with Crippen LogP contribution in [0.1, 0.15) is 20.8 Å². The molecule has 0 aliphatic carbocycles. The second-order valence-electron chi connectivity index (χ2n) is 2.89. The molecule has 0 N–H and O–H groups in total. The highest BCUT2D eigenvalue weighted by Gasteiger charge is 2.06. The van der Waals surface area contributed by atoms with Crippen LogP contribution in [0, 0.1) is 0 Å². The van der Waals surface area contributed by atoms with E-state index in [1.807, 2.05) is 0 Å². The van der Waals surface area contributed by atoms with Gasteiger partial charge in [0.15, 0.2) is 0 Å². The van der Waals surface area contributed by atoms with Gasteiger partial charge in [-0.25, -0.2) is 0 Å². The molecule has 1 nitrogen and oxygen atoms in total. The van der Waals surface area contributed by atoms with Crippen LogP contribution in [0.25, 0.3) is 0 Å². The van der Waals surface area contributed by atoms with E-state index in [-0.39, 0.29) is 0 Å². The summed E-state index contributed by atoms with van der Waals surface area (Å²) in [6.45, 7) is 13.0. The van der Waals surface area contributed by atoms with Gasteiger partial charge in [0.2, 0.25) is 0 Å². The van der Waals surface area contributed by atoms with Crippen LogP contribution in [0.3, 0.4) is 0 Å². The zero-order valence-electron chi connectivity index (χ0n) is 8.14. The van der Waals surface area contributed by atoms with Crippen molar-refractivity contribution >= 4 is 8.80 Å². The highest BCUT2D eigenvalue weighted by Crippen LogP contribution is 1.96. The Labute approximate surface area is 72.7 Å². The van der Waals surface area contributed by atoms with Crippen molar-refractivity contribution in [3.05, 3.63) is 12.3 Å². The number of nitrogens with zero attached hydrogens (tertiary/aromatic N) is 1. The lowest BCUT2D eigenvalue weighted by atomic mass is 10.6. The van der Waals surface area contributed by atoms with Gasteiger partial charge in [0.25, 0.3) is 0 Å². The van der Waals surface area contributed by atoms with E-state index in [0.29, 0.717) is 0 Å². The van der Waals surface area contributed by atoms with Crippen LogP contribution in [0.15, 0.2) is 12.3 Å². The lowest BCUT2D eigenvalue weighted by Crippen LogP contribution is -2.33. The first kappa shape index (κ1) is 10.9. The minimum Gasteiger partial charge on any atom is -0.307 e. The van der Waals surface area contributed by atoms with Gasteiger partial charge in [-0.05, 0) is 19.3 Å². The molecule has 2 heteroatoms. The SMILES string of the molecule is C=C[SiH](CC)CN(CC)CC. The molecule has 0 amide bonds. The Hall–Kier alpha value is -0.0831. The van der Waals surface area contributed by atoms with Crippen molar-refractivity contribution in [2.24, 2.45) is 0 Å². The molecule has 0 bridgehead atoms. The first-order valence-electron chi connectivity index (χ1n) is 4.63. The van der Waals surface area contributed by atoms with Crippen LogP contribution >= 0.6 is 0 Å². The van der Waals surface area contributed by atoms with Crippen LogP contribution in [0.2, 0.25) is 6.04 Å². The summed E-state index contributed by atoms with van der Waals surface area (Å²) in [6.07, 6.45) is 1.31. The molecule has 0 fully saturated rings. The Morgan fingerprint density at radius 1 is 1.27 bits per heavy atom. The molecule has 0 saturated heterocycles. The monoisotopic (exact) mass is 171 g/mol. The van der Waals surface area contributed by atoms with Gasteiger partial charge in [0.05, 0.1) is 8.80 Å². The van der Waals surface area contributed by atoms with Crippen molar-refractivity contribution in [3.8, 4) is 0 Å². The number of hydrogen-bond acceptors (Lipinski definition) is 1. The zero-order chi connectivity index (χ0) is 8.69. The van der Waals surface area contributed by atoms with E-state index in [4.69, 9.17) is 0 Å². The molecule has 0 heterocycles. The first-order valence-corrected chi connectivity index (χ1v) is 6.93. The van der Waals surface area contributed by atoms with Crippen molar-refractivity contribution in [1.29, 1.82) is 0 Å². The van der Waals surface area contributed by atoms with E-state index in [2.05, 4.69) is 37.9 Å². The molecule has 0 aliphatic rings. The van der Waals surface area contributed by atoms with Gasteiger partial charge in [0, 0.05) is 0 Å². The van der Waals surface area contributed by atoms with Gasteiger partial charge in [0.1, 0.15) is 0 Å². The molecule has 0 aliphatic heterocycles. The normalized spacial score (nSPS) is 13.5. The molecule has 0 radical (unpaired) electrons. The Balaban J connectivity index is 3.67. The smallest absolute Gasteiger partial charge is 0.0755 e. The van der Waals surface area contributed by atoms with E-state index in [9.17, 15) is 0 Å². The molecule has 11 heavy (non-hydrogen) atoms. The van der Waals surface area contributed by atoms with Crippen molar-refractivity contribution in [2.45, 2.75) is 26.8 Å². The summed E-state index contributed by atoms with van der Waals surface area (Å²) in [7, 11) is -0.595. The van der Waals surface area contributed by atoms with Gasteiger partial charge in [-0.3, -0.25) is 0 Å². The molecule has 0 aromatic rings. The minimum absolute atomic E-state index is 0.595. The molecule has 1 unspecified atom stereocenters. The van der Waals surface area contributed by atoms with Crippen LogP contribution in [-0.4, -0.2) is 33.0 Å². The lowest BCUT2D eigenvalue weighted by molar-refractivity contribution is 0.350. The second kappa shape index (κ2) is 6.62. The topological polar surface area (TPSA) is 3.24 Å². The molecule has 0 aromatic heterocycles. The molecule has 66 valence electrons. The highest BCUT2D eigenvalue weighted by molar-refractivity contribution is 6.64. The van der Waals surface area contributed by atoms with E-state index in [1.54, 1.807) is 0 Å². The van der Waals surface area contributed by atoms with Crippen molar-refractivity contribution in [2.75, 3.05) is 19.3 Å². The van der Waals surface area contributed by atoms with E-state index >= 15 is 0 Å². The molecule has 0 saturated carbocycles. The maximum absolute atomic E-state index is 3.89. The predicted molar refractivity (Wildman–Crippen MR) is 55.6 cm³/mol. The molecule has 1 atom stereocenters. The van der Waals surface area contributed by atoms with Gasteiger partial charge in [-0.2, -0.15) is 0 Å². The van der Waals surface area contributed by atoms with Gasteiger partial charge in [-0.15, -0.1) is 12.3 Å². The quantitative estimate of drug-likeness (QED) is 0.551. The standard InChI is InChI=1S/C9H21NSi/c1-5-10(6-2)9-11(7-3)8-4/h7,11H,3,5-6,8-9H2,1-2,4H3. The van der Waals surface area contributed by atoms with E-state index < -0.39 is 8.80 Å². The fraction of sp³-hybridized carbons (Fsp3) is 0.778. The number of hydrogen-bond donors (Lipinski definition) is 0. The van der Waals surface area contributed by atoms with E-state index in [0.717, 1.165) is 0 Å². The molecule has 0 aromatic carbocycles. The average molecular weight is 171 g/mol. The summed E-state index contributed by atoms with van der Waals surface area (Å²) in [6, 6.07) is 1.35. The van der Waals surface area contributed by atoms with Crippen molar-refractivity contribution in [1.82, 2.24) is 4.90 Å². The zero-order valence-corrected chi connectivity index (χ0v) is 9.29. The maximum Gasteiger partial charge on any atom is 0.0755 e. The van der Waals surface area contributed by atoms with Crippen molar-refractivity contribution in [3.63, 3.8) is 0 Å². The van der Waals surface area contributed by atoms with Crippen LogP contribution in [0.5, 0.6) is 0 Å². The Morgan fingerprint density at radius 2 is 1.82 bits per heavy atom. The summed E-state index contributed by atoms with van der Waals surface area (Å²) in [5.74, 6) is 0. The summed E-state index contributed by atoms with van der Waals surface area (Å²) < 4.78 is 0. The summed E-state index contributed by atoms with van der Waals surface area (Å²) in [5.41, 5.74) is 2.21. The molecule has 0 spiro atoms. The van der Waals surface area contributed by atoms with Gasteiger partial charge >= 0.3 is 0 Å². The van der Waals surface area contributed by atoms with Crippen molar-refractivity contribution < 1.29 is 0 Å². The third-order valence-electron chi connectivity index (χ3n) is 2.24. The minimum atomic E-state index is -0.595. The second-order valence-corrected chi connectivity index (χ2v) is 6.06. The lowest BCUT2D eigenvalue weighted by Gasteiger charge is -2.21. The fourth-order valence-electron chi connectivity index (χ4n) is 1.18. The summed E-state index contributed by atoms with van der Waals surface area (Å²) >= 11 is 0. The molecular weight excluding hydrogens is 150 g/mol. The third-order valence-corrected chi connectivity index (χ3v) is 4.95. The number of rotatable bonds is 6. The largest absolute Gasteiger partial charge is 0.307 e.